The normalized spacial score (nSPS) is 10.9. The molecule has 4 N–H and O–H groups in total. The molecule has 0 spiro atoms. The van der Waals surface area contributed by atoms with Gasteiger partial charge >= 0.3 is 0 Å². The molecule has 4 nitrogen and oxygen atoms in total. The molecule has 0 aliphatic carbocycles. The molecule has 2 aromatic heterocycles. The summed E-state index contributed by atoms with van der Waals surface area (Å²) >= 11 is 0. The van der Waals surface area contributed by atoms with Crippen LogP contribution in [-0.4, -0.2) is 0 Å². The maximum atomic E-state index is 6.16. The Balaban J connectivity index is 0.00000185. The third-order valence-electron chi connectivity index (χ3n) is 7.05. The summed E-state index contributed by atoms with van der Waals surface area (Å²) in [5.74, 6) is 0. The summed E-state index contributed by atoms with van der Waals surface area (Å²) in [6.07, 6.45) is 8.44. The molecule has 0 radical (unpaired) electrons. The van der Waals surface area contributed by atoms with Crippen LogP contribution >= 0.6 is 0 Å². The smallest absolute Gasteiger partial charge is 0.214 e. The van der Waals surface area contributed by atoms with Gasteiger partial charge < -0.3 is 45.4 Å². The van der Waals surface area contributed by atoms with Crippen molar-refractivity contribution in [3.05, 3.63) is 144 Å². The van der Waals surface area contributed by atoms with Crippen molar-refractivity contribution in [1.82, 2.24) is 0 Å². The van der Waals surface area contributed by atoms with Crippen molar-refractivity contribution >= 4 is 45.3 Å². The fourth-order valence-electron chi connectivity index (χ4n) is 4.95. The summed E-state index contributed by atoms with van der Waals surface area (Å²) in [5, 5.41) is 2.17. The quantitative estimate of drug-likeness (QED) is 0.197. The third kappa shape index (κ3) is 6.24. The van der Waals surface area contributed by atoms with E-state index in [1.54, 1.807) is 0 Å². The van der Waals surface area contributed by atoms with Gasteiger partial charge in [-0.2, -0.15) is 9.13 Å². The van der Waals surface area contributed by atoms with Crippen LogP contribution in [0.4, 0.5) is 11.4 Å². The van der Waals surface area contributed by atoms with Gasteiger partial charge in [0.15, 0.2) is 25.5 Å². The Morgan fingerprint density at radius 3 is 1.25 bits per heavy atom. The molecule has 200 valence electrons. The van der Waals surface area contributed by atoms with Crippen LogP contribution in [0.15, 0.2) is 122 Å². The molecule has 0 atom stereocenters. The van der Waals surface area contributed by atoms with Crippen LogP contribution in [0.2, 0.25) is 0 Å². The van der Waals surface area contributed by atoms with Crippen molar-refractivity contribution in [2.75, 3.05) is 11.5 Å². The molecule has 6 aromatic rings. The predicted molar refractivity (Wildman–Crippen MR) is 157 cm³/mol. The molecular formula is C34H30Br2N4. The number of hydrogen-bond donors (Lipinski definition) is 2. The number of nitrogen functional groups attached to an aromatic ring is 2. The van der Waals surface area contributed by atoms with Crippen molar-refractivity contribution in [3.8, 4) is 0 Å². The molecule has 0 bridgehead atoms. The number of nitrogens with zero attached hydrogens (tertiary/aromatic N) is 2. The third-order valence-corrected chi connectivity index (χ3v) is 7.05. The SMILES string of the molecule is Nc1cc[n+](Cc2ccc(/C=C\c3ccc(C[n+]4ccc(N)c5ccccc54)cc3)cc2)c2ccccc12.[Br-].[Br-]. The van der Waals surface area contributed by atoms with Gasteiger partial charge in [0.1, 0.15) is 0 Å². The van der Waals surface area contributed by atoms with E-state index in [0.29, 0.717) is 0 Å². The lowest BCUT2D eigenvalue weighted by Crippen LogP contribution is -3.00. The molecule has 0 saturated heterocycles. The molecule has 0 aliphatic rings. The molecule has 4 aromatic carbocycles. The Labute approximate surface area is 255 Å². The Morgan fingerprint density at radius 1 is 0.475 bits per heavy atom. The zero-order valence-corrected chi connectivity index (χ0v) is 25.1. The maximum Gasteiger partial charge on any atom is 0.214 e. The van der Waals surface area contributed by atoms with Crippen molar-refractivity contribution in [2.24, 2.45) is 0 Å². The lowest BCUT2D eigenvalue weighted by Gasteiger charge is -2.05. The highest BCUT2D eigenvalue weighted by Gasteiger charge is 2.12. The largest absolute Gasteiger partial charge is 1.00 e. The van der Waals surface area contributed by atoms with Crippen LogP contribution in [0.1, 0.15) is 22.3 Å². The predicted octanol–water partition coefficient (Wildman–Crippen LogP) is 0.00740. The second kappa shape index (κ2) is 12.9. The van der Waals surface area contributed by atoms with E-state index in [2.05, 4.69) is 119 Å². The van der Waals surface area contributed by atoms with Gasteiger partial charge in [0.25, 0.3) is 0 Å². The number of hydrogen-bond acceptors (Lipinski definition) is 2. The highest BCUT2D eigenvalue weighted by molar-refractivity contribution is 5.88. The Kier molecular flexibility index (Phi) is 9.35. The number of rotatable bonds is 6. The average Bonchev–Trinajstić information content (AvgIpc) is 2.97. The average molecular weight is 654 g/mol. The number of pyridine rings is 2. The van der Waals surface area contributed by atoms with Gasteiger partial charge in [-0.15, -0.1) is 0 Å². The Bertz CT molecular complexity index is 1650. The van der Waals surface area contributed by atoms with Crippen molar-refractivity contribution in [3.63, 3.8) is 0 Å². The first-order valence-corrected chi connectivity index (χ1v) is 12.8. The number of fused-ring (bicyclic) bond motifs is 2. The molecule has 40 heavy (non-hydrogen) atoms. The molecular weight excluding hydrogens is 624 g/mol. The molecule has 6 heteroatoms. The molecule has 0 unspecified atom stereocenters. The van der Waals surface area contributed by atoms with Crippen LogP contribution in [0.25, 0.3) is 34.0 Å². The summed E-state index contributed by atoms with van der Waals surface area (Å²) in [6.45, 7) is 1.60. The zero-order valence-electron chi connectivity index (χ0n) is 21.9. The fourth-order valence-corrected chi connectivity index (χ4v) is 4.95. The first-order chi connectivity index (χ1) is 18.6. The summed E-state index contributed by atoms with van der Waals surface area (Å²) in [4.78, 5) is 0. The van der Waals surface area contributed by atoms with Crippen molar-refractivity contribution in [1.29, 1.82) is 0 Å². The summed E-state index contributed by atoms with van der Waals surface area (Å²) < 4.78 is 4.48. The van der Waals surface area contributed by atoms with E-state index in [1.807, 2.05) is 24.3 Å². The number of nitrogens with two attached hydrogens (primary N) is 2. The second-order valence-corrected chi connectivity index (χ2v) is 9.65. The van der Waals surface area contributed by atoms with E-state index in [0.717, 1.165) is 46.3 Å². The molecule has 0 amide bonds. The van der Waals surface area contributed by atoms with Gasteiger partial charge in [-0.25, -0.2) is 0 Å². The van der Waals surface area contributed by atoms with E-state index in [4.69, 9.17) is 11.5 Å². The van der Waals surface area contributed by atoms with E-state index in [1.165, 1.54) is 22.3 Å². The highest BCUT2D eigenvalue weighted by Crippen LogP contribution is 2.19. The summed E-state index contributed by atoms with van der Waals surface area (Å²) in [5.41, 5.74) is 21.1. The van der Waals surface area contributed by atoms with E-state index in [9.17, 15) is 0 Å². The molecule has 2 heterocycles. The Morgan fingerprint density at radius 2 is 0.850 bits per heavy atom. The summed E-state index contributed by atoms with van der Waals surface area (Å²) in [6, 6.07) is 37.9. The second-order valence-electron chi connectivity index (χ2n) is 9.65. The minimum Gasteiger partial charge on any atom is -1.00 e. The van der Waals surface area contributed by atoms with Crippen LogP contribution in [0, 0.1) is 0 Å². The van der Waals surface area contributed by atoms with Gasteiger partial charge in [-0.3, -0.25) is 0 Å². The van der Waals surface area contributed by atoms with Gasteiger partial charge in [0, 0.05) is 35.4 Å². The number of aromatic nitrogens is 2. The minimum atomic E-state index is 0. The molecule has 0 saturated carbocycles. The minimum absolute atomic E-state index is 0. The first-order valence-electron chi connectivity index (χ1n) is 12.8. The van der Waals surface area contributed by atoms with Crippen LogP contribution in [0.3, 0.4) is 0 Å². The van der Waals surface area contributed by atoms with E-state index >= 15 is 0 Å². The van der Waals surface area contributed by atoms with Crippen LogP contribution < -0.4 is 54.6 Å². The van der Waals surface area contributed by atoms with Crippen LogP contribution in [-0.2, 0) is 13.1 Å². The van der Waals surface area contributed by atoms with Gasteiger partial charge in [0.2, 0.25) is 11.0 Å². The van der Waals surface area contributed by atoms with E-state index < -0.39 is 0 Å². The van der Waals surface area contributed by atoms with Crippen LogP contribution in [0.5, 0.6) is 0 Å². The molecule has 0 aliphatic heterocycles. The zero-order chi connectivity index (χ0) is 25.9. The maximum absolute atomic E-state index is 6.16. The van der Waals surface area contributed by atoms with Crippen molar-refractivity contribution in [2.45, 2.75) is 13.1 Å². The van der Waals surface area contributed by atoms with Gasteiger partial charge in [-0.05, 0) is 23.3 Å². The standard InChI is InChI=1S/C34H28N4.2BrH/c35-31-19-21-37(33-7-3-1-5-29(31)33)23-27-15-11-25(12-16-27)9-10-26-13-17-28(18-14-26)24-38-22-20-32(36)30-6-2-4-8-34(30)38;;/h1-22,35-36H,23-24H2;2*1H/b10-9-;;. The number of anilines is 2. The first kappa shape index (κ1) is 29.0. The number of benzene rings is 4. The van der Waals surface area contributed by atoms with Gasteiger partial charge in [0.05, 0.1) is 22.1 Å². The van der Waals surface area contributed by atoms with Crippen molar-refractivity contribution < 1.29 is 43.1 Å². The molecule has 0 fully saturated rings. The highest BCUT2D eigenvalue weighted by atomic mass is 79.9. The number of para-hydroxylation sites is 2. The topological polar surface area (TPSA) is 59.8 Å². The lowest BCUT2D eigenvalue weighted by atomic mass is 10.1. The fraction of sp³-hybridized carbons (Fsp3) is 0.0588. The monoisotopic (exact) mass is 652 g/mol. The summed E-state index contributed by atoms with van der Waals surface area (Å²) in [7, 11) is 0. The van der Waals surface area contributed by atoms with E-state index in [-0.39, 0.29) is 34.0 Å². The molecule has 6 rings (SSSR count). The van der Waals surface area contributed by atoms with Gasteiger partial charge in [-0.1, -0.05) is 84.9 Å². The lowest BCUT2D eigenvalue weighted by molar-refractivity contribution is -0.662. The Hall–Kier alpha value is -4.00. The number of halogens is 2.